The third kappa shape index (κ3) is 4.35. The van der Waals surface area contributed by atoms with Crippen molar-refractivity contribution in [1.82, 2.24) is 4.31 Å². The summed E-state index contributed by atoms with van der Waals surface area (Å²) in [5.41, 5.74) is 2.12. The van der Waals surface area contributed by atoms with Crippen molar-refractivity contribution in [3.63, 3.8) is 0 Å². The molecule has 1 aliphatic rings. The lowest BCUT2D eigenvalue weighted by Gasteiger charge is -2.26. The number of carbonyl (C=O) groups is 1. The highest BCUT2D eigenvalue weighted by molar-refractivity contribution is 7.89. The lowest BCUT2D eigenvalue weighted by molar-refractivity contribution is 0.0730. The van der Waals surface area contributed by atoms with E-state index < -0.39 is 21.7 Å². The highest BCUT2D eigenvalue weighted by Crippen LogP contribution is 2.22. The standard InChI is InChI=1S/C19H21FN2O4S/c1-13-9-14(2)11-15(10-13)21-19(23)17-12-16(3-4-18(17)20)27(24,25)22-5-7-26-8-6-22/h3-4,9-12H,5-8H2,1-2H3,(H,21,23). The second kappa shape index (κ2) is 7.75. The molecule has 0 aliphatic carbocycles. The summed E-state index contributed by atoms with van der Waals surface area (Å²) in [6.45, 7) is 4.84. The van der Waals surface area contributed by atoms with Crippen LogP contribution in [0.2, 0.25) is 0 Å². The fourth-order valence-corrected chi connectivity index (χ4v) is 4.45. The lowest BCUT2D eigenvalue weighted by Crippen LogP contribution is -2.40. The molecular weight excluding hydrogens is 371 g/mol. The number of amides is 1. The number of anilines is 1. The van der Waals surface area contributed by atoms with Crippen molar-refractivity contribution in [1.29, 1.82) is 0 Å². The van der Waals surface area contributed by atoms with Crippen molar-refractivity contribution in [3.05, 3.63) is 58.9 Å². The Balaban J connectivity index is 1.89. The zero-order valence-electron chi connectivity index (χ0n) is 15.2. The Kier molecular flexibility index (Phi) is 5.59. The van der Waals surface area contributed by atoms with E-state index in [1.54, 1.807) is 12.1 Å². The van der Waals surface area contributed by atoms with Crippen LogP contribution < -0.4 is 5.32 Å². The fourth-order valence-electron chi connectivity index (χ4n) is 3.02. The first-order chi connectivity index (χ1) is 12.8. The molecule has 0 bridgehead atoms. The summed E-state index contributed by atoms with van der Waals surface area (Å²) >= 11 is 0. The van der Waals surface area contributed by atoms with Gasteiger partial charge in [0.05, 0.1) is 23.7 Å². The third-order valence-electron chi connectivity index (χ3n) is 4.27. The van der Waals surface area contributed by atoms with Crippen LogP contribution in [0.4, 0.5) is 10.1 Å². The quantitative estimate of drug-likeness (QED) is 0.868. The summed E-state index contributed by atoms with van der Waals surface area (Å²) in [5.74, 6) is -1.48. The maximum atomic E-state index is 14.2. The molecule has 1 fully saturated rings. The number of nitrogens with zero attached hydrogens (tertiary/aromatic N) is 1. The molecule has 27 heavy (non-hydrogen) atoms. The first kappa shape index (κ1) is 19.5. The van der Waals surface area contributed by atoms with E-state index in [1.807, 2.05) is 19.9 Å². The molecule has 1 amide bonds. The van der Waals surface area contributed by atoms with E-state index in [2.05, 4.69) is 5.32 Å². The predicted molar refractivity (Wildman–Crippen MR) is 99.8 cm³/mol. The van der Waals surface area contributed by atoms with E-state index in [0.29, 0.717) is 18.9 Å². The van der Waals surface area contributed by atoms with Crippen LogP contribution in [-0.2, 0) is 14.8 Å². The molecule has 1 heterocycles. The number of ether oxygens (including phenoxy) is 1. The van der Waals surface area contributed by atoms with Crippen molar-refractivity contribution in [3.8, 4) is 0 Å². The third-order valence-corrected chi connectivity index (χ3v) is 6.16. The van der Waals surface area contributed by atoms with Gasteiger partial charge in [0.1, 0.15) is 5.82 Å². The summed E-state index contributed by atoms with van der Waals surface area (Å²) in [6, 6.07) is 8.73. The Hall–Kier alpha value is -2.29. The molecule has 0 unspecified atom stereocenters. The molecule has 2 aromatic carbocycles. The van der Waals surface area contributed by atoms with Crippen molar-refractivity contribution in [2.45, 2.75) is 18.7 Å². The van der Waals surface area contributed by atoms with E-state index in [9.17, 15) is 17.6 Å². The van der Waals surface area contributed by atoms with Crippen molar-refractivity contribution in [2.24, 2.45) is 0 Å². The summed E-state index contributed by atoms with van der Waals surface area (Å²) in [6.07, 6.45) is 0. The molecule has 0 aromatic heterocycles. The molecule has 1 N–H and O–H groups in total. The van der Waals surface area contributed by atoms with Gasteiger partial charge in [-0.15, -0.1) is 0 Å². The molecular formula is C19H21FN2O4S. The molecule has 2 aromatic rings. The van der Waals surface area contributed by atoms with E-state index in [4.69, 9.17) is 4.74 Å². The number of aryl methyl sites for hydroxylation is 2. The molecule has 6 nitrogen and oxygen atoms in total. The van der Waals surface area contributed by atoms with Crippen molar-refractivity contribution >= 4 is 21.6 Å². The SMILES string of the molecule is Cc1cc(C)cc(NC(=O)c2cc(S(=O)(=O)N3CCOCC3)ccc2F)c1. The maximum Gasteiger partial charge on any atom is 0.258 e. The molecule has 0 radical (unpaired) electrons. The van der Waals surface area contributed by atoms with Gasteiger partial charge in [-0.05, 0) is 55.3 Å². The van der Waals surface area contributed by atoms with Gasteiger partial charge in [-0.2, -0.15) is 4.31 Å². The average Bonchev–Trinajstić information content (AvgIpc) is 2.61. The number of carbonyl (C=O) groups excluding carboxylic acids is 1. The number of nitrogens with one attached hydrogen (secondary N) is 1. The van der Waals surface area contributed by atoms with Gasteiger partial charge in [0, 0.05) is 18.8 Å². The van der Waals surface area contributed by atoms with Crippen LogP contribution in [0.25, 0.3) is 0 Å². The first-order valence-corrected chi connectivity index (χ1v) is 9.98. The minimum atomic E-state index is -3.81. The smallest absolute Gasteiger partial charge is 0.258 e. The van der Waals surface area contributed by atoms with Crippen LogP contribution in [0.1, 0.15) is 21.5 Å². The van der Waals surface area contributed by atoms with Gasteiger partial charge in [-0.3, -0.25) is 4.79 Å². The van der Waals surface area contributed by atoms with Crippen LogP contribution >= 0.6 is 0 Å². The second-order valence-corrected chi connectivity index (χ2v) is 8.43. The first-order valence-electron chi connectivity index (χ1n) is 8.54. The van der Waals surface area contributed by atoms with E-state index in [-0.39, 0.29) is 23.5 Å². The Labute approximate surface area is 158 Å². The lowest BCUT2D eigenvalue weighted by atomic mass is 10.1. The topological polar surface area (TPSA) is 75.7 Å². The van der Waals surface area contributed by atoms with Gasteiger partial charge in [-0.1, -0.05) is 6.07 Å². The second-order valence-electron chi connectivity index (χ2n) is 6.49. The highest BCUT2D eigenvalue weighted by atomic mass is 32.2. The van der Waals surface area contributed by atoms with E-state index in [0.717, 1.165) is 23.3 Å². The zero-order chi connectivity index (χ0) is 19.6. The Morgan fingerprint density at radius 1 is 1.07 bits per heavy atom. The van der Waals surface area contributed by atoms with Gasteiger partial charge in [0.15, 0.2) is 0 Å². The molecule has 0 saturated carbocycles. The Morgan fingerprint density at radius 3 is 2.33 bits per heavy atom. The minimum absolute atomic E-state index is 0.114. The number of halogens is 1. The maximum absolute atomic E-state index is 14.2. The van der Waals surface area contributed by atoms with Gasteiger partial charge in [0.2, 0.25) is 10.0 Å². The number of benzene rings is 2. The summed E-state index contributed by atoms with van der Waals surface area (Å²) in [4.78, 5) is 12.4. The minimum Gasteiger partial charge on any atom is -0.379 e. The van der Waals surface area contributed by atoms with E-state index in [1.165, 1.54) is 10.4 Å². The van der Waals surface area contributed by atoms with Crippen LogP contribution in [0.3, 0.4) is 0 Å². The van der Waals surface area contributed by atoms with Crippen molar-refractivity contribution < 1.29 is 22.3 Å². The molecule has 1 aliphatic heterocycles. The van der Waals surface area contributed by atoms with E-state index >= 15 is 0 Å². The highest BCUT2D eigenvalue weighted by Gasteiger charge is 2.28. The van der Waals surface area contributed by atoms with Crippen molar-refractivity contribution in [2.75, 3.05) is 31.6 Å². The number of rotatable bonds is 4. The van der Waals surface area contributed by atoms with Crippen LogP contribution in [0, 0.1) is 19.7 Å². The fraction of sp³-hybridized carbons (Fsp3) is 0.316. The largest absolute Gasteiger partial charge is 0.379 e. The van der Waals surface area contributed by atoms with Crippen LogP contribution in [-0.4, -0.2) is 44.9 Å². The number of hydrogen-bond acceptors (Lipinski definition) is 4. The number of morpholine rings is 1. The molecule has 0 spiro atoms. The summed E-state index contributed by atoms with van der Waals surface area (Å²) in [5, 5.41) is 2.63. The molecule has 8 heteroatoms. The number of hydrogen-bond donors (Lipinski definition) is 1. The summed E-state index contributed by atoms with van der Waals surface area (Å²) in [7, 11) is -3.81. The Morgan fingerprint density at radius 2 is 1.70 bits per heavy atom. The normalized spacial score (nSPS) is 15.5. The molecule has 1 saturated heterocycles. The zero-order valence-corrected chi connectivity index (χ0v) is 16.0. The Bertz CT molecular complexity index is 949. The molecule has 0 atom stereocenters. The van der Waals surface area contributed by atoms with Gasteiger partial charge in [0.25, 0.3) is 5.91 Å². The number of sulfonamides is 1. The van der Waals surface area contributed by atoms with Gasteiger partial charge in [-0.25, -0.2) is 12.8 Å². The predicted octanol–water partition coefficient (Wildman–Crippen LogP) is 2.72. The monoisotopic (exact) mass is 392 g/mol. The van der Waals surface area contributed by atoms with Gasteiger partial charge < -0.3 is 10.1 Å². The van der Waals surface area contributed by atoms with Crippen LogP contribution in [0.5, 0.6) is 0 Å². The molecule has 144 valence electrons. The average molecular weight is 392 g/mol. The van der Waals surface area contributed by atoms with Gasteiger partial charge >= 0.3 is 0 Å². The summed E-state index contributed by atoms with van der Waals surface area (Å²) < 4.78 is 46.1. The molecule has 3 rings (SSSR count). The van der Waals surface area contributed by atoms with Crippen LogP contribution in [0.15, 0.2) is 41.3 Å².